The number of anilines is 1. The summed E-state index contributed by atoms with van der Waals surface area (Å²) in [4.78, 5) is 22.9. The number of carbonyl (C=O) groups is 2. The fourth-order valence-corrected chi connectivity index (χ4v) is 4.05. The lowest BCUT2D eigenvalue weighted by atomic mass is 9.57. The molecule has 7 heteroatoms. The zero-order chi connectivity index (χ0) is 16.9. The fraction of sp³-hybridized carbons (Fsp3) is 0.529. The van der Waals surface area contributed by atoms with Crippen LogP contribution in [0.25, 0.3) is 0 Å². The van der Waals surface area contributed by atoms with E-state index in [1.807, 2.05) is 0 Å². The van der Waals surface area contributed by atoms with Gasteiger partial charge in [0.1, 0.15) is 17.7 Å². The quantitative estimate of drug-likeness (QED) is 0.735. The first-order valence-electron chi connectivity index (χ1n) is 8.26. The molecule has 4 rings (SSSR count). The highest BCUT2D eigenvalue weighted by Gasteiger charge is 2.50. The molecule has 3 aliphatic rings. The van der Waals surface area contributed by atoms with Crippen LogP contribution in [0, 0.1) is 17.0 Å². The minimum atomic E-state index is -0.652. The number of imide groups is 1. The maximum atomic E-state index is 14.4. The summed E-state index contributed by atoms with van der Waals surface area (Å²) >= 11 is 0. The average molecular weight is 335 g/mol. The van der Waals surface area contributed by atoms with Gasteiger partial charge in [0.15, 0.2) is 0 Å². The van der Waals surface area contributed by atoms with Crippen molar-refractivity contribution in [2.75, 3.05) is 18.4 Å². The molecule has 1 saturated carbocycles. The highest BCUT2D eigenvalue weighted by molar-refractivity contribution is 6.01. The highest BCUT2D eigenvalue weighted by atomic mass is 19.1. The van der Waals surface area contributed by atoms with Gasteiger partial charge in [0, 0.05) is 30.8 Å². The first-order valence-corrected chi connectivity index (χ1v) is 8.26. The summed E-state index contributed by atoms with van der Waals surface area (Å²) in [5, 5.41) is 8.24. The summed E-state index contributed by atoms with van der Waals surface area (Å²) in [5.74, 6) is -2.00. The topological polar surface area (TPSA) is 70.2 Å². The monoisotopic (exact) mass is 335 g/mol. The summed E-state index contributed by atoms with van der Waals surface area (Å²) in [6.07, 6.45) is 2.15. The number of hydrogen-bond donors (Lipinski definition) is 3. The molecule has 2 saturated heterocycles. The normalized spacial score (nSPS) is 25.8. The van der Waals surface area contributed by atoms with Gasteiger partial charge in [0.2, 0.25) is 11.8 Å². The molecule has 1 spiro atoms. The van der Waals surface area contributed by atoms with Crippen LogP contribution < -0.4 is 16.0 Å². The minimum absolute atomic E-state index is 0.0725. The first-order chi connectivity index (χ1) is 11.5. The van der Waals surface area contributed by atoms with E-state index in [0.29, 0.717) is 6.42 Å². The van der Waals surface area contributed by atoms with Crippen LogP contribution in [0.5, 0.6) is 0 Å². The molecule has 0 aromatic heterocycles. The standard InChI is InChI=1S/C17H19F2N3O2/c18-11-3-10(21-13-1-2-14(23)22-16(13)24)4-12(19)15(11)9-5-17(6-9)7-20-8-17/h3-4,9,13,20-21H,1-2,5-8H2,(H,22,23,24). The average Bonchev–Trinajstić information content (AvgIpc) is 2.41. The van der Waals surface area contributed by atoms with E-state index in [9.17, 15) is 18.4 Å². The van der Waals surface area contributed by atoms with E-state index in [-0.39, 0.29) is 34.9 Å². The van der Waals surface area contributed by atoms with Crippen molar-refractivity contribution in [1.29, 1.82) is 0 Å². The molecular weight excluding hydrogens is 316 g/mol. The van der Waals surface area contributed by atoms with E-state index in [1.54, 1.807) is 0 Å². The first kappa shape index (κ1) is 15.5. The second-order valence-electron chi connectivity index (χ2n) is 7.21. The zero-order valence-electron chi connectivity index (χ0n) is 13.1. The van der Waals surface area contributed by atoms with E-state index in [2.05, 4.69) is 16.0 Å². The zero-order valence-corrected chi connectivity index (χ0v) is 13.1. The molecule has 0 bridgehead atoms. The smallest absolute Gasteiger partial charge is 0.249 e. The van der Waals surface area contributed by atoms with Crippen molar-refractivity contribution in [1.82, 2.24) is 10.6 Å². The fourth-order valence-electron chi connectivity index (χ4n) is 4.05. The van der Waals surface area contributed by atoms with Crippen LogP contribution in [0.1, 0.15) is 37.2 Å². The van der Waals surface area contributed by atoms with Crippen LogP contribution >= 0.6 is 0 Å². The lowest BCUT2D eigenvalue weighted by Gasteiger charge is -2.54. The van der Waals surface area contributed by atoms with Crippen molar-refractivity contribution in [3.8, 4) is 0 Å². The second-order valence-corrected chi connectivity index (χ2v) is 7.21. The SMILES string of the molecule is O=C1CCC(Nc2cc(F)c(C3CC4(CNC4)C3)c(F)c2)C(=O)N1. The third kappa shape index (κ3) is 2.56. The van der Waals surface area contributed by atoms with Crippen molar-refractivity contribution in [3.63, 3.8) is 0 Å². The lowest BCUT2D eigenvalue weighted by molar-refractivity contribution is -0.133. The Morgan fingerprint density at radius 3 is 2.33 bits per heavy atom. The van der Waals surface area contributed by atoms with Crippen molar-refractivity contribution < 1.29 is 18.4 Å². The number of amides is 2. The van der Waals surface area contributed by atoms with Crippen LogP contribution in [-0.2, 0) is 9.59 Å². The Balaban J connectivity index is 1.48. The number of carbonyl (C=O) groups excluding carboxylic acids is 2. The van der Waals surface area contributed by atoms with Gasteiger partial charge in [-0.05, 0) is 42.7 Å². The number of nitrogens with one attached hydrogen (secondary N) is 3. The molecular formula is C17H19F2N3O2. The van der Waals surface area contributed by atoms with Gasteiger partial charge in [0.05, 0.1) is 0 Å². The number of hydrogen-bond acceptors (Lipinski definition) is 4. The van der Waals surface area contributed by atoms with E-state index >= 15 is 0 Å². The molecule has 1 aromatic carbocycles. The summed E-state index contributed by atoms with van der Waals surface area (Å²) in [6, 6.07) is 1.83. The summed E-state index contributed by atoms with van der Waals surface area (Å²) in [6.45, 7) is 1.86. The largest absolute Gasteiger partial charge is 0.373 e. The van der Waals surface area contributed by atoms with Crippen molar-refractivity contribution >= 4 is 17.5 Å². The summed E-state index contributed by atoms with van der Waals surface area (Å²) < 4.78 is 28.8. The van der Waals surface area contributed by atoms with E-state index in [4.69, 9.17) is 0 Å². The summed E-state index contributed by atoms with van der Waals surface area (Å²) in [7, 11) is 0. The van der Waals surface area contributed by atoms with Crippen LogP contribution in [0.2, 0.25) is 0 Å². The molecule has 3 N–H and O–H groups in total. The number of halogens is 2. The molecule has 1 unspecified atom stereocenters. The molecule has 1 aromatic rings. The minimum Gasteiger partial charge on any atom is -0.373 e. The molecule has 2 heterocycles. The van der Waals surface area contributed by atoms with Crippen LogP contribution in [0.3, 0.4) is 0 Å². The predicted molar refractivity (Wildman–Crippen MR) is 83.4 cm³/mol. The number of piperidine rings is 1. The van der Waals surface area contributed by atoms with Gasteiger partial charge >= 0.3 is 0 Å². The van der Waals surface area contributed by atoms with Gasteiger partial charge in [-0.1, -0.05) is 0 Å². The number of rotatable bonds is 3. The van der Waals surface area contributed by atoms with Gasteiger partial charge in [-0.3, -0.25) is 14.9 Å². The molecule has 3 fully saturated rings. The van der Waals surface area contributed by atoms with Gasteiger partial charge in [-0.2, -0.15) is 0 Å². The van der Waals surface area contributed by atoms with Crippen molar-refractivity contribution in [3.05, 3.63) is 29.3 Å². The molecule has 1 aliphatic carbocycles. The molecule has 2 aliphatic heterocycles. The Hall–Kier alpha value is -2.02. The summed E-state index contributed by atoms with van der Waals surface area (Å²) in [5.41, 5.74) is 0.622. The van der Waals surface area contributed by atoms with Crippen molar-refractivity contribution in [2.45, 2.75) is 37.6 Å². The van der Waals surface area contributed by atoms with E-state index in [1.165, 1.54) is 12.1 Å². The van der Waals surface area contributed by atoms with E-state index < -0.39 is 23.6 Å². The number of benzene rings is 1. The predicted octanol–water partition coefficient (Wildman–Crippen LogP) is 1.65. The Labute approximate surface area is 138 Å². The maximum Gasteiger partial charge on any atom is 0.249 e. The van der Waals surface area contributed by atoms with Gasteiger partial charge in [0.25, 0.3) is 0 Å². The third-order valence-electron chi connectivity index (χ3n) is 5.43. The Morgan fingerprint density at radius 1 is 1.12 bits per heavy atom. The van der Waals surface area contributed by atoms with Gasteiger partial charge in [-0.25, -0.2) is 8.78 Å². The molecule has 2 amide bonds. The third-order valence-corrected chi connectivity index (χ3v) is 5.43. The molecule has 128 valence electrons. The highest BCUT2D eigenvalue weighted by Crippen LogP contribution is 2.54. The lowest BCUT2D eigenvalue weighted by Crippen LogP contribution is -2.59. The Kier molecular flexibility index (Phi) is 3.56. The molecule has 1 atom stereocenters. The molecule has 0 radical (unpaired) electrons. The van der Waals surface area contributed by atoms with Crippen molar-refractivity contribution in [2.24, 2.45) is 5.41 Å². The Morgan fingerprint density at radius 2 is 1.79 bits per heavy atom. The Bertz CT molecular complexity index is 687. The van der Waals surface area contributed by atoms with Crippen LogP contribution in [0.15, 0.2) is 12.1 Å². The maximum absolute atomic E-state index is 14.4. The molecule has 5 nitrogen and oxygen atoms in total. The van der Waals surface area contributed by atoms with E-state index in [0.717, 1.165) is 25.9 Å². The van der Waals surface area contributed by atoms with Gasteiger partial charge in [-0.15, -0.1) is 0 Å². The van der Waals surface area contributed by atoms with Gasteiger partial charge < -0.3 is 10.6 Å². The molecule has 24 heavy (non-hydrogen) atoms. The second kappa shape index (κ2) is 5.51. The van der Waals surface area contributed by atoms with Crippen LogP contribution in [0.4, 0.5) is 14.5 Å². The van der Waals surface area contributed by atoms with Crippen LogP contribution in [-0.4, -0.2) is 30.9 Å².